The van der Waals surface area contributed by atoms with Crippen molar-refractivity contribution in [2.45, 2.75) is 27.7 Å². The normalized spacial score (nSPS) is 10.1. The molecule has 3 nitrogen and oxygen atoms in total. The molecule has 1 radical (unpaired) electrons. The van der Waals surface area contributed by atoms with Gasteiger partial charge in [0, 0.05) is 0 Å². The van der Waals surface area contributed by atoms with E-state index in [2.05, 4.69) is 43.5 Å². The number of hydrogen-bond donors (Lipinski definition) is 0. The molecule has 0 amide bonds. The Balaban J connectivity index is 0.000000293. The van der Waals surface area contributed by atoms with Crippen LogP contribution in [0.15, 0.2) is 18.2 Å². The number of benzene rings is 1. The molecule has 0 saturated heterocycles. The van der Waals surface area contributed by atoms with Crippen molar-refractivity contribution >= 4 is 14.1 Å². The van der Waals surface area contributed by atoms with Crippen molar-refractivity contribution in [3.8, 4) is 0 Å². The van der Waals surface area contributed by atoms with Crippen LogP contribution in [-0.4, -0.2) is 12.6 Å². The summed E-state index contributed by atoms with van der Waals surface area (Å²) in [4.78, 5) is 9.49. The van der Waals surface area contributed by atoms with Crippen molar-refractivity contribution in [1.82, 2.24) is 0 Å². The fourth-order valence-corrected chi connectivity index (χ4v) is 1.37. The summed E-state index contributed by atoms with van der Waals surface area (Å²) in [6, 6.07) is 6.67. The lowest BCUT2D eigenvalue weighted by molar-refractivity contribution is 0.357. The highest BCUT2D eigenvalue weighted by molar-refractivity contribution is 7.56. The summed E-state index contributed by atoms with van der Waals surface area (Å²) < 4.78 is 14.3. The first-order chi connectivity index (χ1) is 7.52. The van der Waals surface area contributed by atoms with Gasteiger partial charge in [0.05, 0.1) is 6.61 Å². The summed E-state index contributed by atoms with van der Waals surface area (Å²) in [5.41, 5.74) is 4.18. The third-order valence-corrected chi connectivity index (χ3v) is 2.90. The predicted molar refractivity (Wildman–Crippen MR) is 66.6 cm³/mol. The maximum Gasteiger partial charge on any atom is 0.280 e. The van der Waals surface area contributed by atoms with Gasteiger partial charge in [-0.25, -0.2) is 4.57 Å². The third kappa shape index (κ3) is 5.74. The Morgan fingerprint density at radius 2 is 1.75 bits per heavy atom. The SMILES string of the molecule is CCO[P](=O)C=O.Cc1cccc(C)c1C. The molecule has 0 aliphatic carbocycles. The van der Waals surface area contributed by atoms with Gasteiger partial charge in [0.1, 0.15) is 0 Å². The van der Waals surface area contributed by atoms with E-state index in [0.29, 0.717) is 12.6 Å². The molecule has 0 N–H and O–H groups in total. The van der Waals surface area contributed by atoms with Gasteiger partial charge in [-0.15, -0.1) is 0 Å². The highest BCUT2D eigenvalue weighted by Gasteiger charge is 1.92. The third-order valence-electron chi connectivity index (χ3n) is 2.22. The van der Waals surface area contributed by atoms with Gasteiger partial charge in [0.2, 0.25) is 6.03 Å². The van der Waals surface area contributed by atoms with Gasteiger partial charge in [-0.3, -0.25) is 9.32 Å². The average Bonchev–Trinajstić information content (AvgIpc) is 2.27. The van der Waals surface area contributed by atoms with E-state index < -0.39 is 8.03 Å². The zero-order chi connectivity index (χ0) is 12.6. The molecule has 0 saturated carbocycles. The lowest BCUT2D eigenvalue weighted by Gasteiger charge is -2.00. The summed E-state index contributed by atoms with van der Waals surface area (Å²) >= 11 is 0. The molecule has 0 bridgehead atoms. The quantitative estimate of drug-likeness (QED) is 0.600. The lowest BCUT2D eigenvalue weighted by atomic mass is 10.1. The molecule has 1 atom stereocenters. The van der Waals surface area contributed by atoms with E-state index in [1.165, 1.54) is 16.7 Å². The van der Waals surface area contributed by atoms with Crippen molar-refractivity contribution in [3.63, 3.8) is 0 Å². The molecule has 16 heavy (non-hydrogen) atoms. The van der Waals surface area contributed by atoms with E-state index >= 15 is 0 Å². The lowest BCUT2D eigenvalue weighted by Crippen LogP contribution is -1.82. The van der Waals surface area contributed by atoms with E-state index in [1.807, 2.05) is 0 Å². The first-order valence-corrected chi connectivity index (χ1v) is 6.35. The van der Waals surface area contributed by atoms with E-state index in [-0.39, 0.29) is 0 Å². The number of aryl methyl sites for hydroxylation is 2. The topological polar surface area (TPSA) is 43.4 Å². The molecule has 1 unspecified atom stereocenters. The highest BCUT2D eigenvalue weighted by Crippen LogP contribution is 2.14. The van der Waals surface area contributed by atoms with Gasteiger partial charge in [-0.2, -0.15) is 0 Å². The van der Waals surface area contributed by atoms with Crippen LogP contribution in [0.1, 0.15) is 23.6 Å². The molecule has 0 fully saturated rings. The number of carbonyl (C=O) groups is 1. The van der Waals surface area contributed by atoms with Gasteiger partial charge in [-0.1, -0.05) is 18.2 Å². The second-order valence-electron chi connectivity index (χ2n) is 3.33. The maximum absolute atomic E-state index is 9.97. The molecule has 0 aliphatic rings. The Kier molecular flexibility index (Phi) is 7.61. The van der Waals surface area contributed by atoms with E-state index in [4.69, 9.17) is 0 Å². The van der Waals surface area contributed by atoms with Crippen LogP contribution in [0.3, 0.4) is 0 Å². The molecule has 1 aromatic rings. The van der Waals surface area contributed by atoms with E-state index in [1.54, 1.807) is 6.92 Å². The number of carbonyl (C=O) groups excluding carboxylic acids is 1. The highest BCUT2D eigenvalue weighted by atomic mass is 31.1. The van der Waals surface area contributed by atoms with Gasteiger partial charge >= 0.3 is 0 Å². The largest absolute Gasteiger partial charge is 0.299 e. The fourth-order valence-electron chi connectivity index (χ4n) is 1.06. The van der Waals surface area contributed by atoms with Gasteiger partial charge in [0.25, 0.3) is 8.03 Å². The van der Waals surface area contributed by atoms with Crippen LogP contribution in [0.5, 0.6) is 0 Å². The van der Waals surface area contributed by atoms with Crippen LogP contribution in [0.4, 0.5) is 0 Å². The standard InChI is InChI=1S/C9H12.C3H6O3P/c1-7-5-4-6-8(2)9(7)3;1-2-6-7(5)3-4/h4-6H,1-3H3;3H,2H2,1H3. The van der Waals surface area contributed by atoms with E-state index in [9.17, 15) is 9.36 Å². The summed E-state index contributed by atoms with van der Waals surface area (Å²) in [7, 11) is -2.01. The van der Waals surface area contributed by atoms with Gasteiger partial charge < -0.3 is 0 Å². The van der Waals surface area contributed by atoms with Crippen LogP contribution in [0.2, 0.25) is 0 Å². The molecule has 0 heterocycles. The van der Waals surface area contributed by atoms with Crippen molar-refractivity contribution in [2.24, 2.45) is 0 Å². The van der Waals surface area contributed by atoms with Gasteiger partial charge in [0.15, 0.2) is 0 Å². The van der Waals surface area contributed by atoms with E-state index in [0.717, 1.165) is 0 Å². The van der Waals surface area contributed by atoms with Gasteiger partial charge in [-0.05, 0) is 44.4 Å². The van der Waals surface area contributed by atoms with Crippen LogP contribution < -0.4 is 0 Å². The molecular formula is C12H18O3P. The zero-order valence-corrected chi connectivity index (χ0v) is 11.1. The second kappa shape index (κ2) is 8.14. The van der Waals surface area contributed by atoms with Crippen LogP contribution in [0.25, 0.3) is 0 Å². The Morgan fingerprint density at radius 3 is 2.00 bits per heavy atom. The summed E-state index contributed by atoms with van der Waals surface area (Å²) in [6.45, 7) is 8.44. The molecule has 4 heteroatoms. The summed E-state index contributed by atoms with van der Waals surface area (Å²) in [6.07, 6.45) is 0. The molecular weight excluding hydrogens is 223 g/mol. The molecule has 0 aromatic heterocycles. The average molecular weight is 241 g/mol. The first-order valence-electron chi connectivity index (χ1n) is 5.10. The van der Waals surface area contributed by atoms with Crippen LogP contribution in [0, 0.1) is 20.8 Å². The minimum atomic E-state index is -2.01. The predicted octanol–water partition coefficient (Wildman–Crippen LogP) is 3.57. The Hall–Kier alpha value is -1.05. The molecule has 1 aromatic carbocycles. The maximum atomic E-state index is 9.97. The molecule has 89 valence electrons. The Morgan fingerprint density at radius 1 is 1.25 bits per heavy atom. The molecule has 0 aliphatic heterocycles. The van der Waals surface area contributed by atoms with Crippen molar-refractivity contribution < 1.29 is 13.9 Å². The fraction of sp³-hybridized carbons (Fsp3) is 0.417. The summed E-state index contributed by atoms with van der Waals surface area (Å²) in [5, 5.41) is 0. The van der Waals surface area contributed by atoms with Crippen molar-refractivity contribution in [2.75, 3.05) is 6.61 Å². The monoisotopic (exact) mass is 241 g/mol. The smallest absolute Gasteiger partial charge is 0.280 e. The van der Waals surface area contributed by atoms with Crippen molar-refractivity contribution in [3.05, 3.63) is 34.9 Å². The number of hydrogen-bond acceptors (Lipinski definition) is 3. The number of rotatable bonds is 3. The Labute approximate surface area is 97.7 Å². The minimum absolute atomic E-state index is 0.291. The first kappa shape index (κ1) is 14.9. The van der Waals surface area contributed by atoms with Crippen molar-refractivity contribution in [1.29, 1.82) is 0 Å². The minimum Gasteiger partial charge on any atom is -0.299 e. The van der Waals surface area contributed by atoms with Crippen LogP contribution >= 0.6 is 8.03 Å². The molecule has 0 spiro atoms. The molecule has 1 rings (SSSR count). The van der Waals surface area contributed by atoms with Crippen LogP contribution in [-0.2, 0) is 13.9 Å². The zero-order valence-electron chi connectivity index (χ0n) is 10.2. The summed E-state index contributed by atoms with van der Waals surface area (Å²) in [5.74, 6) is 0. The second-order valence-corrected chi connectivity index (χ2v) is 4.37. The Bertz CT molecular complexity index is 341.